The van der Waals surface area contributed by atoms with Crippen molar-refractivity contribution in [3.8, 4) is 11.8 Å². The van der Waals surface area contributed by atoms with Gasteiger partial charge in [0.15, 0.2) is 0 Å². The van der Waals surface area contributed by atoms with Crippen LogP contribution in [0.2, 0.25) is 0 Å². The molecule has 15 heavy (non-hydrogen) atoms. The number of carbonyl (C=O) groups is 1. The molecule has 0 saturated carbocycles. The van der Waals surface area contributed by atoms with Gasteiger partial charge >= 0.3 is 5.97 Å². The predicted octanol–water partition coefficient (Wildman–Crippen LogP) is 1.99. The van der Waals surface area contributed by atoms with Crippen LogP contribution >= 0.6 is 12.6 Å². The molecule has 0 aliphatic rings. The van der Waals surface area contributed by atoms with Crippen LogP contribution < -0.4 is 0 Å². The molecule has 0 aliphatic carbocycles. The average Bonchev–Trinajstić information content (AvgIpc) is 2.24. The van der Waals surface area contributed by atoms with Gasteiger partial charge in [-0.2, -0.15) is 12.6 Å². The van der Waals surface area contributed by atoms with E-state index >= 15 is 0 Å². The number of aryl methyl sites for hydroxylation is 1. The van der Waals surface area contributed by atoms with Crippen molar-refractivity contribution in [1.82, 2.24) is 0 Å². The lowest BCUT2D eigenvalue weighted by atomic mass is 10.0. The van der Waals surface area contributed by atoms with E-state index in [4.69, 9.17) is 5.11 Å². The maximum atomic E-state index is 10.4. The summed E-state index contributed by atoms with van der Waals surface area (Å²) in [4.78, 5) is 10.4. The SMILES string of the molecule is O=C(O)CCc1ccccc1C#CCS. The fraction of sp³-hybridized carbons (Fsp3) is 0.250. The summed E-state index contributed by atoms with van der Waals surface area (Å²) < 4.78 is 0. The van der Waals surface area contributed by atoms with Crippen molar-refractivity contribution in [3.63, 3.8) is 0 Å². The Balaban J connectivity index is 2.81. The Morgan fingerprint density at radius 2 is 2.13 bits per heavy atom. The first kappa shape index (κ1) is 11.7. The highest BCUT2D eigenvalue weighted by Crippen LogP contribution is 2.09. The first-order valence-electron chi connectivity index (χ1n) is 4.63. The van der Waals surface area contributed by atoms with Crippen molar-refractivity contribution in [3.05, 3.63) is 35.4 Å². The third kappa shape index (κ3) is 4.09. The van der Waals surface area contributed by atoms with Gasteiger partial charge in [-0.05, 0) is 18.1 Å². The molecular weight excluding hydrogens is 208 g/mol. The third-order valence-corrected chi connectivity index (χ3v) is 2.09. The van der Waals surface area contributed by atoms with Gasteiger partial charge in [0.1, 0.15) is 0 Å². The number of thiol groups is 1. The molecule has 0 bridgehead atoms. The van der Waals surface area contributed by atoms with Crippen LogP contribution in [-0.4, -0.2) is 16.8 Å². The highest BCUT2D eigenvalue weighted by atomic mass is 32.1. The summed E-state index contributed by atoms with van der Waals surface area (Å²) in [6, 6.07) is 7.59. The van der Waals surface area contributed by atoms with Gasteiger partial charge in [0, 0.05) is 12.0 Å². The molecule has 78 valence electrons. The second-order valence-corrected chi connectivity index (χ2v) is 3.33. The van der Waals surface area contributed by atoms with Gasteiger partial charge in [-0.15, -0.1) is 0 Å². The van der Waals surface area contributed by atoms with E-state index < -0.39 is 5.97 Å². The lowest BCUT2D eigenvalue weighted by Gasteiger charge is -2.01. The van der Waals surface area contributed by atoms with E-state index in [0.717, 1.165) is 11.1 Å². The lowest BCUT2D eigenvalue weighted by molar-refractivity contribution is -0.136. The fourth-order valence-electron chi connectivity index (χ4n) is 1.24. The van der Waals surface area contributed by atoms with Crippen LogP contribution in [0.15, 0.2) is 24.3 Å². The molecule has 0 amide bonds. The van der Waals surface area contributed by atoms with E-state index in [1.165, 1.54) is 0 Å². The summed E-state index contributed by atoms with van der Waals surface area (Å²) in [5.74, 6) is 5.55. The number of aliphatic carboxylic acids is 1. The maximum absolute atomic E-state index is 10.4. The zero-order valence-corrected chi connectivity index (χ0v) is 9.13. The molecular formula is C12H12O2S. The summed E-state index contributed by atoms with van der Waals surface area (Å²) in [5.41, 5.74) is 1.88. The second-order valence-electron chi connectivity index (χ2n) is 3.01. The van der Waals surface area contributed by atoms with Crippen molar-refractivity contribution in [2.45, 2.75) is 12.8 Å². The monoisotopic (exact) mass is 220 g/mol. The summed E-state index contributed by atoms with van der Waals surface area (Å²) in [5, 5.41) is 8.59. The minimum Gasteiger partial charge on any atom is -0.481 e. The number of hydrogen-bond acceptors (Lipinski definition) is 2. The van der Waals surface area contributed by atoms with Crippen LogP contribution in [0.25, 0.3) is 0 Å². The van der Waals surface area contributed by atoms with Crippen molar-refractivity contribution in [1.29, 1.82) is 0 Å². The predicted molar refractivity (Wildman–Crippen MR) is 63.1 cm³/mol. The van der Waals surface area contributed by atoms with Crippen LogP contribution in [0.5, 0.6) is 0 Å². The number of benzene rings is 1. The molecule has 1 rings (SSSR count). The Labute approximate surface area is 94.7 Å². The molecule has 0 unspecified atom stereocenters. The molecule has 3 heteroatoms. The molecule has 0 spiro atoms. The van der Waals surface area contributed by atoms with E-state index in [1.807, 2.05) is 24.3 Å². The van der Waals surface area contributed by atoms with Gasteiger partial charge < -0.3 is 5.11 Å². The van der Waals surface area contributed by atoms with Crippen molar-refractivity contribution < 1.29 is 9.90 Å². The number of hydrogen-bond donors (Lipinski definition) is 2. The van der Waals surface area contributed by atoms with Crippen LogP contribution in [-0.2, 0) is 11.2 Å². The number of carboxylic acids is 1. The first-order valence-corrected chi connectivity index (χ1v) is 5.26. The molecule has 0 fully saturated rings. The largest absolute Gasteiger partial charge is 0.481 e. The Hall–Kier alpha value is -1.40. The Morgan fingerprint density at radius 1 is 1.40 bits per heavy atom. The molecule has 0 heterocycles. The molecule has 0 saturated heterocycles. The zero-order valence-electron chi connectivity index (χ0n) is 8.23. The van der Waals surface area contributed by atoms with Crippen molar-refractivity contribution in [2.24, 2.45) is 0 Å². The van der Waals surface area contributed by atoms with Crippen LogP contribution in [0.4, 0.5) is 0 Å². The Kier molecular flexibility index (Phi) is 4.79. The number of carboxylic acid groups (broad SMARTS) is 1. The normalized spacial score (nSPS) is 9.13. The average molecular weight is 220 g/mol. The molecule has 0 aliphatic heterocycles. The molecule has 2 nitrogen and oxygen atoms in total. The van der Waals surface area contributed by atoms with E-state index in [9.17, 15) is 4.79 Å². The topological polar surface area (TPSA) is 37.3 Å². The highest BCUT2D eigenvalue weighted by Gasteiger charge is 2.02. The summed E-state index contributed by atoms with van der Waals surface area (Å²) in [7, 11) is 0. The second kappa shape index (κ2) is 6.15. The smallest absolute Gasteiger partial charge is 0.303 e. The Morgan fingerprint density at radius 3 is 2.80 bits per heavy atom. The van der Waals surface area contributed by atoms with E-state index in [0.29, 0.717) is 12.2 Å². The van der Waals surface area contributed by atoms with E-state index in [1.54, 1.807) is 0 Å². The standard InChI is InChI=1S/C12H12O2S/c13-12(14)8-7-11-5-2-1-4-10(11)6-3-9-15/h1-2,4-5,15H,7-9H2,(H,13,14). The van der Waals surface area contributed by atoms with Crippen LogP contribution in [0, 0.1) is 11.8 Å². The van der Waals surface area contributed by atoms with E-state index in [-0.39, 0.29) is 6.42 Å². The fourth-order valence-corrected chi connectivity index (χ4v) is 1.32. The third-order valence-electron chi connectivity index (χ3n) is 1.93. The summed E-state index contributed by atoms with van der Waals surface area (Å²) >= 11 is 4.00. The maximum Gasteiger partial charge on any atom is 0.303 e. The van der Waals surface area contributed by atoms with Gasteiger partial charge in [0.25, 0.3) is 0 Å². The number of rotatable bonds is 3. The minimum atomic E-state index is -0.785. The molecule has 0 aromatic heterocycles. The van der Waals surface area contributed by atoms with Crippen molar-refractivity contribution >= 4 is 18.6 Å². The lowest BCUT2D eigenvalue weighted by Crippen LogP contribution is -1.99. The zero-order chi connectivity index (χ0) is 11.1. The molecule has 1 aromatic rings. The molecule has 1 aromatic carbocycles. The molecule has 0 radical (unpaired) electrons. The summed E-state index contributed by atoms with van der Waals surface area (Å²) in [6.07, 6.45) is 0.659. The first-order chi connectivity index (χ1) is 7.24. The van der Waals surface area contributed by atoms with Gasteiger partial charge in [-0.1, -0.05) is 30.0 Å². The van der Waals surface area contributed by atoms with Crippen molar-refractivity contribution in [2.75, 3.05) is 5.75 Å². The Bertz CT molecular complexity index is 402. The highest BCUT2D eigenvalue weighted by molar-refractivity contribution is 7.80. The minimum absolute atomic E-state index is 0.138. The molecule has 0 atom stereocenters. The summed E-state index contributed by atoms with van der Waals surface area (Å²) in [6.45, 7) is 0. The van der Waals surface area contributed by atoms with Gasteiger partial charge in [0.2, 0.25) is 0 Å². The van der Waals surface area contributed by atoms with Crippen LogP contribution in [0.1, 0.15) is 17.5 Å². The van der Waals surface area contributed by atoms with Gasteiger partial charge in [0.05, 0.1) is 5.75 Å². The van der Waals surface area contributed by atoms with E-state index in [2.05, 4.69) is 24.5 Å². The molecule has 1 N–H and O–H groups in total. The quantitative estimate of drug-likeness (QED) is 0.604. The van der Waals surface area contributed by atoms with Gasteiger partial charge in [-0.25, -0.2) is 0 Å². The van der Waals surface area contributed by atoms with Gasteiger partial charge in [-0.3, -0.25) is 4.79 Å². The van der Waals surface area contributed by atoms with Crippen LogP contribution in [0.3, 0.4) is 0 Å².